The lowest BCUT2D eigenvalue weighted by molar-refractivity contribution is -0.142. The minimum Gasteiger partial charge on any atom is -0.447 e. The highest BCUT2D eigenvalue weighted by Crippen LogP contribution is 2.32. The number of alkyl carbamates (subject to hydrolysis) is 1. The van der Waals surface area contributed by atoms with Crippen molar-refractivity contribution in [2.75, 3.05) is 25.1 Å². The third-order valence-corrected chi connectivity index (χ3v) is 5.45. The van der Waals surface area contributed by atoms with Gasteiger partial charge in [-0.05, 0) is 61.0 Å². The first kappa shape index (κ1) is 27.1. The van der Waals surface area contributed by atoms with Gasteiger partial charge in [0.25, 0.3) is 0 Å². The van der Waals surface area contributed by atoms with E-state index in [2.05, 4.69) is 25.9 Å². The Morgan fingerprint density at radius 3 is 2.61 bits per heavy atom. The summed E-state index contributed by atoms with van der Waals surface area (Å²) in [6, 6.07) is 9.23. The summed E-state index contributed by atoms with van der Waals surface area (Å²) >= 11 is 0. The van der Waals surface area contributed by atoms with Crippen LogP contribution < -0.4 is 16.0 Å². The monoisotopic (exact) mass is 515 g/mol. The van der Waals surface area contributed by atoms with Crippen LogP contribution in [0.5, 0.6) is 0 Å². The predicted octanol–water partition coefficient (Wildman–Crippen LogP) is 4.24. The molecule has 0 bridgehead atoms. The molecule has 36 heavy (non-hydrogen) atoms. The molecule has 2 aromatic heterocycles. The van der Waals surface area contributed by atoms with Crippen molar-refractivity contribution in [1.29, 1.82) is 0 Å². The smallest absolute Gasteiger partial charge is 0.407 e. The van der Waals surface area contributed by atoms with Crippen LogP contribution in [0.1, 0.15) is 26.3 Å². The number of anilines is 1. The first-order chi connectivity index (χ1) is 16.8. The van der Waals surface area contributed by atoms with Gasteiger partial charge in [0.05, 0.1) is 6.61 Å². The van der Waals surface area contributed by atoms with Crippen molar-refractivity contribution < 1.29 is 23.8 Å². The number of halogens is 1. The van der Waals surface area contributed by atoms with E-state index in [4.69, 9.17) is 14.2 Å². The number of rotatable bonds is 7. The van der Waals surface area contributed by atoms with Gasteiger partial charge in [-0.3, -0.25) is 10.3 Å². The Balaban J connectivity index is 0.00000361. The van der Waals surface area contributed by atoms with E-state index in [-0.39, 0.29) is 37.7 Å². The van der Waals surface area contributed by atoms with Crippen molar-refractivity contribution in [3.05, 3.63) is 54.5 Å². The number of nitrogens with zero attached hydrogens (tertiary/aromatic N) is 2. The molecule has 4 rings (SSSR count). The average Bonchev–Trinajstić information content (AvgIpc) is 3.20. The molecule has 10 nitrogen and oxygen atoms in total. The Bertz CT molecular complexity index is 1210. The Morgan fingerprint density at radius 1 is 1.14 bits per heavy atom. The highest BCUT2D eigenvalue weighted by Gasteiger charge is 2.33. The molecule has 192 valence electrons. The van der Waals surface area contributed by atoms with Crippen molar-refractivity contribution in [3.8, 4) is 11.1 Å². The molecule has 0 radical (unpaired) electrons. The summed E-state index contributed by atoms with van der Waals surface area (Å²) < 4.78 is 16.4. The number of pyridine rings is 2. The number of hydrogen-bond donors (Lipinski definition) is 3. The van der Waals surface area contributed by atoms with E-state index in [1.807, 2.05) is 51.1 Å². The van der Waals surface area contributed by atoms with Crippen LogP contribution in [0.3, 0.4) is 0 Å². The fourth-order valence-corrected chi connectivity index (χ4v) is 3.86. The normalized spacial score (nSPS) is 16.1. The summed E-state index contributed by atoms with van der Waals surface area (Å²) in [5, 5.41) is 9.95. The summed E-state index contributed by atoms with van der Waals surface area (Å²) in [5.74, 6) is -0.247. The van der Waals surface area contributed by atoms with Gasteiger partial charge in [-0.1, -0.05) is 12.1 Å². The Hall–Kier alpha value is -3.47. The topological polar surface area (TPSA) is 124 Å². The first-order valence-corrected chi connectivity index (χ1v) is 11.4. The van der Waals surface area contributed by atoms with E-state index in [1.54, 1.807) is 18.6 Å². The number of carbonyl (C=O) groups excluding carboxylic acids is 2. The van der Waals surface area contributed by atoms with Gasteiger partial charge in [0.1, 0.15) is 18.5 Å². The molecule has 1 atom stereocenters. The Kier molecular flexibility index (Phi) is 9.03. The van der Waals surface area contributed by atoms with Gasteiger partial charge in [-0.15, -0.1) is 12.4 Å². The second-order valence-electron chi connectivity index (χ2n) is 8.51. The Morgan fingerprint density at radius 2 is 1.92 bits per heavy atom. The van der Waals surface area contributed by atoms with Crippen LogP contribution in [0.2, 0.25) is 0 Å². The van der Waals surface area contributed by atoms with Gasteiger partial charge < -0.3 is 24.8 Å². The van der Waals surface area contributed by atoms with Crippen LogP contribution in [0, 0.1) is 0 Å². The minimum atomic E-state index is -0.669. The highest BCUT2D eigenvalue weighted by molar-refractivity contribution is 6.00. The third kappa shape index (κ3) is 6.81. The summed E-state index contributed by atoms with van der Waals surface area (Å²) in [6.07, 6.45) is 4.29. The number of amides is 3. The second-order valence-corrected chi connectivity index (χ2v) is 8.51. The average molecular weight is 516 g/mol. The maximum atomic E-state index is 12.3. The minimum absolute atomic E-state index is 0. The van der Waals surface area contributed by atoms with Crippen LogP contribution in [-0.2, 0) is 20.8 Å². The van der Waals surface area contributed by atoms with Crippen LogP contribution in [0.15, 0.2) is 48.9 Å². The van der Waals surface area contributed by atoms with Crippen molar-refractivity contribution in [3.63, 3.8) is 0 Å². The summed E-state index contributed by atoms with van der Waals surface area (Å²) in [5.41, 5.74) is 2.78. The van der Waals surface area contributed by atoms with E-state index in [1.165, 1.54) is 0 Å². The lowest BCUT2D eigenvalue weighted by Gasteiger charge is -2.17. The molecule has 1 aliphatic rings. The quantitative estimate of drug-likeness (QED) is 0.430. The van der Waals surface area contributed by atoms with Gasteiger partial charge >= 0.3 is 12.1 Å². The lowest BCUT2D eigenvalue weighted by atomic mass is 9.96. The number of aromatic nitrogens is 2. The van der Waals surface area contributed by atoms with Crippen molar-refractivity contribution >= 4 is 41.1 Å². The molecule has 3 amide bonds. The molecular weight excluding hydrogens is 486 g/mol. The number of urea groups is 1. The van der Waals surface area contributed by atoms with Crippen LogP contribution in [-0.4, -0.2) is 53.7 Å². The summed E-state index contributed by atoms with van der Waals surface area (Å²) in [6.45, 7) is 6.70. The predicted molar refractivity (Wildman–Crippen MR) is 138 cm³/mol. The second kappa shape index (κ2) is 12.0. The van der Waals surface area contributed by atoms with E-state index in [0.717, 1.165) is 27.5 Å². The number of carbonyl (C=O) groups is 2. The molecule has 3 heterocycles. The molecule has 3 N–H and O–H groups in total. The van der Waals surface area contributed by atoms with Gasteiger partial charge in [0.2, 0.25) is 0 Å². The molecule has 1 unspecified atom stereocenters. The Labute approximate surface area is 215 Å². The summed E-state index contributed by atoms with van der Waals surface area (Å²) in [4.78, 5) is 32.8. The van der Waals surface area contributed by atoms with Crippen molar-refractivity contribution in [1.82, 2.24) is 20.6 Å². The van der Waals surface area contributed by atoms with Crippen molar-refractivity contribution in [2.24, 2.45) is 0 Å². The molecule has 1 saturated heterocycles. The van der Waals surface area contributed by atoms with E-state index < -0.39 is 11.9 Å². The molecule has 0 aliphatic carbocycles. The van der Waals surface area contributed by atoms with Gasteiger partial charge in [0, 0.05) is 37.1 Å². The fourth-order valence-electron chi connectivity index (χ4n) is 3.86. The number of hydrogen-bond acceptors (Lipinski definition) is 7. The van der Waals surface area contributed by atoms with Crippen LogP contribution >= 0.6 is 12.4 Å². The zero-order valence-corrected chi connectivity index (χ0v) is 21.2. The molecule has 11 heteroatoms. The van der Waals surface area contributed by atoms with Crippen molar-refractivity contribution in [2.45, 2.75) is 39.2 Å². The number of benzene rings is 1. The maximum Gasteiger partial charge on any atom is 0.407 e. The molecule has 1 aliphatic heterocycles. The molecular formula is C25H30ClN5O5. The van der Waals surface area contributed by atoms with Gasteiger partial charge in [-0.25, -0.2) is 14.6 Å². The maximum absolute atomic E-state index is 12.3. The van der Waals surface area contributed by atoms with E-state index >= 15 is 0 Å². The zero-order chi connectivity index (χ0) is 24.8. The molecule has 0 saturated carbocycles. The standard InChI is InChI=1S/C25H29N5O5.ClH/c1-4-27-23(31)30-22-11-20-19(16-7-9-26-10-8-16)6-5-17(21(20)13-28-22)12-29-24(32)33-14-18-15-34-25(2,3)35-18;/h5-11,13,18H,4,12,14-15H2,1-3H3,(H,29,32)(H2,27,28,30,31);1H. The molecule has 3 aromatic rings. The molecule has 1 aromatic carbocycles. The fraction of sp³-hybridized carbons (Fsp3) is 0.360. The van der Waals surface area contributed by atoms with Crippen LogP contribution in [0.4, 0.5) is 15.4 Å². The van der Waals surface area contributed by atoms with E-state index in [0.29, 0.717) is 19.0 Å². The highest BCUT2D eigenvalue weighted by atomic mass is 35.5. The van der Waals surface area contributed by atoms with Gasteiger partial charge in [0.15, 0.2) is 5.79 Å². The van der Waals surface area contributed by atoms with Gasteiger partial charge in [-0.2, -0.15) is 0 Å². The summed E-state index contributed by atoms with van der Waals surface area (Å²) in [7, 11) is 0. The first-order valence-electron chi connectivity index (χ1n) is 11.4. The molecule has 1 fully saturated rings. The van der Waals surface area contributed by atoms with Crippen LogP contribution in [0.25, 0.3) is 21.9 Å². The zero-order valence-electron chi connectivity index (χ0n) is 20.4. The van der Waals surface area contributed by atoms with E-state index in [9.17, 15) is 9.59 Å². The number of ether oxygens (including phenoxy) is 3. The number of fused-ring (bicyclic) bond motifs is 1. The molecule has 0 spiro atoms. The SMILES string of the molecule is CCNC(=O)Nc1cc2c(-c3ccncc3)ccc(CNC(=O)OCC3COC(C)(C)O3)c2cn1.Cl. The lowest BCUT2D eigenvalue weighted by Crippen LogP contribution is -2.29. The third-order valence-electron chi connectivity index (χ3n) is 5.45. The largest absolute Gasteiger partial charge is 0.447 e. The number of nitrogens with one attached hydrogen (secondary N) is 3.